The summed E-state index contributed by atoms with van der Waals surface area (Å²) in [6.07, 6.45) is 1.86. The van der Waals surface area contributed by atoms with Gasteiger partial charge < -0.3 is 0 Å². The molecule has 3 aromatic rings. The van der Waals surface area contributed by atoms with Gasteiger partial charge in [0.05, 0.1) is 5.75 Å². The van der Waals surface area contributed by atoms with Crippen LogP contribution in [0.2, 0.25) is 5.02 Å². The second-order valence-corrected chi connectivity index (χ2v) is 9.61. The lowest BCUT2D eigenvalue weighted by molar-refractivity contribution is 0.603. The zero-order valence-corrected chi connectivity index (χ0v) is 16.6. The van der Waals surface area contributed by atoms with E-state index in [-0.39, 0.29) is 5.75 Å². The molecular formula is C18H18ClN3O2S2. The van der Waals surface area contributed by atoms with Crippen LogP contribution in [0.1, 0.15) is 11.4 Å². The summed E-state index contributed by atoms with van der Waals surface area (Å²) in [5.74, 6) is 1.31. The van der Waals surface area contributed by atoms with Crippen molar-refractivity contribution in [1.82, 2.24) is 14.8 Å². The summed E-state index contributed by atoms with van der Waals surface area (Å²) in [4.78, 5) is 0. The number of benzene rings is 2. The number of sulfone groups is 1. The molecule has 2 aromatic carbocycles. The average molecular weight is 408 g/mol. The summed E-state index contributed by atoms with van der Waals surface area (Å²) < 4.78 is 24.7. The Kier molecular flexibility index (Phi) is 6.01. The van der Waals surface area contributed by atoms with Crippen molar-refractivity contribution in [2.45, 2.75) is 11.6 Å². The predicted molar refractivity (Wildman–Crippen MR) is 106 cm³/mol. The topological polar surface area (TPSA) is 64.8 Å². The van der Waals surface area contributed by atoms with Crippen molar-refractivity contribution in [3.8, 4) is 5.69 Å². The highest BCUT2D eigenvalue weighted by molar-refractivity contribution is 8.00. The summed E-state index contributed by atoms with van der Waals surface area (Å²) in [7, 11) is -3.01. The van der Waals surface area contributed by atoms with Crippen LogP contribution >= 0.6 is 23.4 Å². The molecule has 0 unspecified atom stereocenters. The molecule has 0 fully saturated rings. The van der Waals surface area contributed by atoms with Crippen molar-refractivity contribution >= 4 is 33.2 Å². The van der Waals surface area contributed by atoms with Crippen molar-refractivity contribution in [1.29, 1.82) is 0 Å². The summed E-state index contributed by atoms with van der Waals surface area (Å²) in [5.41, 5.74) is 2.02. The molecule has 0 bridgehead atoms. The molecule has 8 heteroatoms. The van der Waals surface area contributed by atoms with Crippen LogP contribution in [0.15, 0.2) is 59.8 Å². The highest BCUT2D eigenvalue weighted by Crippen LogP contribution is 2.24. The Labute approximate surface area is 162 Å². The number of halogens is 1. The number of hydrogen-bond acceptors (Lipinski definition) is 5. The smallest absolute Gasteiger partial charge is 0.195 e. The first-order chi connectivity index (χ1) is 12.4. The highest BCUT2D eigenvalue weighted by Gasteiger charge is 2.16. The Morgan fingerprint density at radius 2 is 1.73 bits per heavy atom. The lowest BCUT2D eigenvalue weighted by atomic mass is 10.1. The Morgan fingerprint density at radius 1 is 1.04 bits per heavy atom. The van der Waals surface area contributed by atoms with E-state index in [0.29, 0.717) is 22.4 Å². The normalized spacial score (nSPS) is 11.6. The lowest BCUT2D eigenvalue weighted by Crippen LogP contribution is -2.07. The Balaban J connectivity index is 1.92. The summed E-state index contributed by atoms with van der Waals surface area (Å²) in [5, 5.41) is 9.93. The second kappa shape index (κ2) is 8.24. The van der Waals surface area contributed by atoms with Crippen LogP contribution in [-0.2, 0) is 16.3 Å². The van der Waals surface area contributed by atoms with Crippen molar-refractivity contribution in [2.24, 2.45) is 0 Å². The third-order valence-electron chi connectivity index (χ3n) is 3.68. The van der Waals surface area contributed by atoms with Crippen molar-refractivity contribution in [3.05, 3.63) is 71.0 Å². The average Bonchev–Trinajstić information content (AvgIpc) is 2.98. The van der Waals surface area contributed by atoms with Gasteiger partial charge >= 0.3 is 0 Å². The maximum Gasteiger partial charge on any atom is 0.195 e. The highest BCUT2D eigenvalue weighted by atomic mass is 35.5. The van der Waals surface area contributed by atoms with Gasteiger partial charge in [-0.05, 0) is 29.8 Å². The Morgan fingerprint density at radius 3 is 2.38 bits per heavy atom. The number of thioether (sulfide) groups is 1. The molecule has 0 N–H and O–H groups in total. The molecule has 0 saturated carbocycles. The van der Waals surface area contributed by atoms with E-state index in [1.165, 1.54) is 18.0 Å². The fraction of sp³-hybridized carbons (Fsp3) is 0.222. The molecule has 0 amide bonds. The first-order valence-electron chi connectivity index (χ1n) is 7.97. The van der Waals surface area contributed by atoms with Gasteiger partial charge in [-0.15, -0.1) is 10.2 Å². The minimum Gasteiger partial charge on any atom is -0.274 e. The molecule has 26 heavy (non-hydrogen) atoms. The molecule has 0 radical (unpaired) electrons. The van der Waals surface area contributed by atoms with Crippen molar-refractivity contribution in [2.75, 3.05) is 17.8 Å². The van der Waals surface area contributed by atoms with Gasteiger partial charge in [-0.2, -0.15) is 0 Å². The molecular weight excluding hydrogens is 390 g/mol. The second-order valence-electron chi connectivity index (χ2n) is 5.85. The Hall–Kier alpha value is -1.83. The van der Waals surface area contributed by atoms with Crippen molar-refractivity contribution in [3.63, 3.8) is 0 Å². The largest absolute Gasteiger partial charge is 0.274 e. The van der Waals surface area contributed by atoms with Gasteiger partial charge in [0.15, 0.2) is 5.16 Å². The van der Waals surface area contributed by atoms with Crippen molar-refractivity contribution < 1.29 is 8.42 Å². The molecule has 0 spiro atoms. The van der Waals surface area contributed by atoms with Gasteiger partial charge in [0.2, 0.25) is 0 Å². The predicted octanol–water partition coefficient (Wildman–Crippen LogP) is 3.65. The summed E-state index contributed by atoms with van der Waals surface area (Å²) in [6, 6.07) is 17.5. The molecule has 0 saturated heterocycles. The monoisotopic (exact) mass is 407 g/mol. The van der Waals surface area contributed by atoms with Crippen LogP contribution in [0.3, 0.4) is 0 Å². The zero-order valence-electron chi connectivity index (χ0n) is 14.2. The summed E-state index contributed by atoms with van der Waals surface area (Å²) >= 11 is 7.39. The van der Waals surface area contributed by atoms with Gasteiger partial charge in [-0.3, -0.25) is 4.57 Å². The quantitative estimate of drug-likeness (QED) is 0.559. The van der Waals surface area contributed by atoms with Gasteiger partial charge in [0, 0.05) is 29.1 Å². The van der Waals surface area contributed by atoms with Crippen LogP contribution in [0.5, 0.6) is 0 Å². The number of rotatable bonds is 7. The van der Waals surface area contributed by atoms with E-state index in [1.807, 2.05) is 59.2 Å². The maximum atomic E-state index is 11.4. The maximum absolute atomic E-state index is 11.4. The van der Waals surface area contributed by atoms with Gasteiger partial charge in [-0.25, -0.2) is 8.42 Å². The van der Waals surface area contributed by atoms with E-state index in [1.54, 1.807) is 0 Å². The minimum atomic E-state index is -3.01. The Bertz CT molecular complexity index is 971. The summed E-state index contributed by atoms with van der Waals surface area (Å²) in [6.45, 7) is 0. The fourth-order valence-corrected chi connectivity index (χ4v) is 4.71. The van der Waals surface area contributed by atoms with E-state index >= 15 is 0 Å². The van der Waals surface area contributed by atoms with E-state index in [2.05, 4.69) is 10.2 Å². The van der Waals surface area contributed by atoms with Gasteiger partial charge in [0.25, 0.3) is 0 Å². The van der Waals surface area contributed by atoms with Crippen LogP contribution < -0.4 is 0 Å². The molecule has 0 atom stereocenters. The molecule has 3 rings (SSSR count). The third-order valence-corrected chi connectivity index (χ3v) is 6.06. The number of hydrogen-bond donors (Lipinski definition) is 0. The van der Waals surface area contributed by atoms with Crippen LogP contribution in [0.4, 0.5) is 0 Å². The van der Waals surface area contributed by atoms with Crippen LogP contribution in [-0.4, -0.2) is 40.9 Å². The van der Waals surface area contributed by atoms with Crippen LogP contribution in [0.25, 0.3) is 5.69 Å². The lowest BCUT2D eigenvalue weighted by Gasteiger charge is -2.10. The standard InChI is InChI=1S/C18H18ClN3O2S2/c1-26(23,24)12-11-25-18-21-20-17(13-14-5-3-2-4-6-14)22(18)16-9-7-15(19)8-10-16/h2-10H,11-13H2,1H3. The third kappa shape index (κ3) is 5.09. The molecule has 1 heterocycles. The van der Waals surface area contributed by atoms with Gasteiger partial charge in [0.1, 0.15) is 15.7 Å². The molecule has 0 aliphatic rings. The first kappa shape index (κ1) is 18.9. The van der Waals surface area contributed by atoms with Gasteiger partial charge in [-0.1, -0.05) is 53.7 Å². The van der Waals surface area contributed by atoms with Crippen LogP contribution in [0, 0.1) is 0 Å². The van der Waals surface area contributed by atoms with E-state index in [9.17, 15) is 8.42 Å². The molecule has 0 aliphatic carbocycles. The van der Waals surface area contributed by atoms with E-state index in [4.69, 9.17) is 11.6 Å². The molecule has 5 nitrogen and oxygen atoms in total. The number of nitrogens with zero attached hydrogens (tertiary/aromatic N) is 3. The van der Waals surface area contributed by atoms with E-state index in [0.717, 1.165) is 17.1 Å². The molecule has 1 aromatic heterocycles. The minimum absolute atomic E-state index is 0.0964. The molecule has 0 aliphatic heterocycles. The fourth-order valence-electron chi connectivity index (χ4n) is 2.42. The first-order valence-corrected chi connectivity index (χ1v) is 11.4. The van der Waals surface area contributed by atoms with E-state index < -0.39 is 9.84 Å². The zero-order chi connectivity index (χ0) is 18.6. The molecule has 136 valence electrons. The SMILES string of the molecule is CS(=O)(=O)CCSc1nnc(Cc2ccccc2)n1-c1ccc(Cl)cc1. The number of aromatic nitrogens is 3.